The lowest BCUT2D eigenvalue weighted by Gasteiger charge is -2.31. The predicted molar refractivity (Wildman–Crippen MR) is 90.1 cm³/mol. The van der Waals surface area contributed by atoms with E-state index in [4.69, 9.17) is 0 Å². The second-order valence-corrected chi connectivity index (χ2v) is 6.84. The van der Waals surface area contributed by atoms with E-state index in [-0.39, 0.29) is 5.91 Å². The molecule has 0 aliphatic carbocycles. The largest absolute Gasteiger partial charge is 0.330 e. The number of hydrogen-bond donors (Lipinski definition) is 2. The van der Waals surface area contributed by atoms with Gasteiger partial charge >= 0.3 is 0 Å². The molecule has 0 aromatic heterocycles. The average Bonchev–Trinajstić information content (AvgIpc) is 2.87. The molecule has 1 aromatic rings. The van der Waals surface area contributed by atoms with Crippen molar-refractivity contribution in [1.82, 2.24) is 15.5 Å². The van der Waals surface area contributed by atoms with Gasteiger partial charge in [0.1, 0.15) is 0 Å². The second-order valence-electron chi connectivity index (χ2n) is 6.84. The maximum absolute atomic E-state index is 12.6. The lowest BCUT2D eigenvalue weighted by atomic mass is 9.99. The van der Waals surface area contributed by atoms with Crippen LogP contribution < -0.4 is 10.6 Å². The van der Waals surface area contributed by atoms with Gasteiger partial charge in [0.25, 0.3) is 5.91 Å². The van der Waals surface area contributed by atoms with E-state index >= 15 is 0 Å². The fourth-order valence-corrected chi connectivity index (χ4v) is 3.61. The summed E-state index contributed by atoms with van der Waals surface area (Å²) in [5.41, 5.74) is 3.04. The number of hydrogen-bond acceptors (Lipinski definition) is 3. The van der Waals surface area contributed by atoms with E-state index in [1.165, 1.54) is 0 Å². The van der Waals surface area contributed by atoms with Crippen molar-refractivity contribution in [3.05, 3.63) is 34.9 Å². The van der Waals surface area contributed by atoms with Crippen LogP contribution in [0.3, 0.4) is 0 Å². The summed E-state index contributed by atoms with van der Waals surface area (Å²) in [4.78, 5) is 14.6. The summed E-state index contributed by atoms with van der Waals surface area (Å²) >= 11 is 0. The number of amides is 1. The summed E-state index contributed by atoms with van der Waals surface area (Å²) < 4.78 is 0. The lowest BCUT2D eigenvalue weighted by molar-refractivity contribution is 0.0674. The highest BCUT2D eigenvalue weighted by molar-refractivity contribution is 5.98. The second kappa shape index (κ2) is 6.35. The molecule has 0 saturated carbocycles. The van der Waals surface area contributed by atoms with Crippen LogP contribution in [0.25, 0.3) is 0 Å². The quantitative estimate of drug-likeness (QED) is 0.811. The number of rotatable bonds is 2. The Morgan fingerprint density at radius 2 is 2.13 bits per heavy atom. The molecule has 4 rings (SSSR count). The molecular formula is C19H23N3O. The van der Waals surface area contributed by atoms with Crippen molar-refractivity contribution in [3.63, 3.8) is 0 Å². The van der Waals surface area contributed by atoms with E-state index in [1.807, 2.05) is 17.0 Å². The Balaban J connectivity index is 1.46. The Morgan fingerprint density at radius 1 is 1.22 bits per heavy atom. The fourth-order valence-electron chi connectivity index (χ4n) is 3.61. The zero-order valence-corrected chi connectivity index (χ0v) is 13.4. The van der Waals surface area contributed by atoms with Gasteiger partial charge in [-0.05, 0) is 49.1 Å². The highest BCUT2D eigenvalue weighted by Crippen LogP contribution is 2.27. The summed E-state index contributed by atoms with van der Waals surface area (Å²) in [5.74, 6) is 7.45. The number of carbonyl (C=O) groups excluding carboxylic acids is 1. The Kier molecular flexibility index (Phi) is 4.07. The summed E-state index contributed by atoms with van der Waals surface area (Å²) in [6.45, 7) is 4.92. The van der Waals surface area contributed by atoms with Gasteiger partial charge in [-0.25, -0.2) is 0 Å². The molecule has 2 saturated heterocycles. The van der Waals surface area contributed by atoms with Crippen molar-refractivity contribution in [3.8, 4) is 11.8 Å². The van der Waals surface area contributed by atoms with Crippen LogP contribution in [0.4, 0.5) is 0 Å². The van der Waals surface area contributed by atoms with Crippen LogP contribution in [0.15, 0.2) is 18.2 Å². The van der Waals surface area contributed by atoms with E-state index in [0.717, 1.165) is 68.7 Å². The smallest absolute Gasteiger partial charge is 0.254 e. The van der Waals surface area contributed by atoms with Crippen LogP contribution in [-0.4, -0.2) is 43.0 Å². The summed E-state index contributed by atoms with van der Waals surface area (Å²) in [6, 6.07) is 6.40. The molecule has 1 atom stereocenters. The SMILES string of the molecule is O=C1c2ccc(C#CCC3CNC3)cc2CN1C1CCCNC1. The Hall–Kier alpha value is -1.83. The highest BCUT2D eigenvalue weighted by atomic mass is 16.2. The molecule has 1 amide bonds. The third-order valence-electron chi connectivity index (χ3n) is 5.14. The highest BCUT2D eigenvalue weighted by Gasteiger charge is 2.33. The van der Waals surface area contributed by atoms with Crippen molar-refractivity contribution < 1.29 is 4.79 Å². The summed E-state index contributed by atoms with van der Waals surface area (Å²) in [5, 5.41) is 6.67. The minimum atomic E-state index is 0.189. The van der Waals surface area contributed by atoms with E-state index in [0.29, 0.717) is 12.0 Å². The van der Waals surface area contributed by atoms with Gasteiger partial charge < -0.3 is 15.5 Å². The van der Waals surface area contributed by atoms with Gasteiger partial charge in [-0.2, -0.15) is 0 Å². The molecular weight excluding hydrogens is 286 g/mol. The molecule has 120 valence electrons. The molecule has 0 radical (unpaired) electrons. The standard InChI is InChI=1S/C19H23N3O/c23-19-18-7-6-14(3-1-4-15-10-21-11-15)9-16(18)13-22(19)17-5-2-8-20-12-17/h6-7,9,15,17,20-21H,2,4-5,8,10-13H2. The Labute approximate surface area is 137 Å². The maximum Gasteiger partial charge on any atom is 0.254 e. The number of piperidine rings is 1. The van der Waals surface area contributed by atoms with Crippen molar-refractivity contribution in [1.29, 1.82) is 0 Å². The van der Waals surface area contributed by atoms with Crippen molar-refractivity contribution in [2.45, 2.75) is 31.8 Å². The van der Waals surface area contributed by atoms with Crippen molar-refractivity contribution in [2.24, 2.45) is 5.92 Å². The van der Waals surface area contributed by atoms with Gasteiger partial charge in [-0.3, -0.25) is 4.79 Å². The molecule has 1 aromatic carbocycles. The molecule has 3 aliphatic rings. The van der Waals surface area contributed by atoms with E-state index < -0.39 is 0 Å². The maximum atomic E-state index is 12.6. The molecule has 4 nitrogen and oxygen atoms in total. The van der Waals surface area contributed by atoms with Crippen molar-refractivity contribution >= 4 is 5.91 Å². The first-order chi connectivity index (χ1) is 11.3. The van der Waals surface area contributed by atoms with Gasteiger partial charge in [0, 0.05) is 49.8 Å². The molecule has 3 heterocycles. The van der Waals surface area contributed by atoms with Gasteiger partial charge in [-0.15, -0.1) is 0 Å². The van der Waals surface area contributed by atoms with Crippen LogP contribution in [0, 0.1) is 17.8 Å². The zero-order valence-electron chi connectivity index (χ0n) is 13.4. The summed E-state index contributed by atoms with van der Waals surface area (Å²) in [7, 11) is 0. The minimum Gasteiger partial charge on any atom is -0.330 e. The molecule has 0 spiro atoms. The molecule has 3 aliphatic heterocycles. The van der Waals surface area contributed by atoms with Gasteiger partial charge in [0.05, 0.1) is 0 Å². The molecule has 2 fully saturated rings. The Bertz CT molecular complexity index is 663. The lowest BCUT2D eigenvalue weighted by Crippen LogP contribution is -2.46. The molecule has 4 heteroatoms. The first-order valence-electron chi connectivity index (χ1n) is 8.65. The monoisotopic (exact) mass is 309 g/mol. The molecule has 0 bridgehead atoms. The number of nitrogens with one attached hydrogen (secondary N) is 2. The number of fused-ring (bicyclic) bond motifs is 1. The fraction of sp³-hybridized carbons (Fsp3) is 0.526. The van der Waals surface area contributed by atoms with Crippen LogP contribution in [0.5, 0.6) is 0 Å². The minimum absolute atomic E-state index is 0.189. The first kappa shape index (κ1) is 14.7. The van der Waals surface area contributed by atoms with Gasteiger partial charge in [-0.1, -0.05) is 11.8 Å². The predicted octanol–water partition coefficient (Wildman–Crippen LogP) is 1.36. The van der Waals surface area contributed by atoms with E-state index in [2.05, 4.69) is 28.5 Å². The third-order valence-corrected chi connectivity index (χ3v) is 5.14. The van der Waals surface area contributed by atoms with E-state index in [1.54, 1.807) is 0 Å². The zero-order chi connectivity index (χ0) is 15.6. The third kappa shape index (κ3) is 2.99. The van der Waals surface area contributed by atoms with Crippen LogP contribution in [-0.2, 0) is 6.54 Å². The number of carbonyl (C=O) groups is 1. The number of benzene rings is 1. The normalized spacial score (nSPS) is 23.9. The first-order valence-corrected chi connectivity index (χ1v) is 8.65. The van der Waals surface area contributed by atoms with Crippen molar-refractivity contribution in [2.75, 3.05) is 26.2 Å². The Morgan fingerprint density at radius 3 is 2.87 bits per heavy atom. The van der Waals surface area contributed by atoms with Gasteiger partial charge in [0.15, 0.2) is 0 Å². The topological polar surface area (TPSA) is 44.4 Å². The molecule has 2 N–H and O–H groups in total. The summed E-state index contributed by atoms with van der Waals surface area (Å²) in [6.07, 6.45) is 3.22. The van der Waals surface area contributed by atoms with Gasteiger partial charge in [0.2, 0.25) is 0 Å². The van der Waals surface area contributed by atoms with Crippen LogP contribution in [0.2, 0.25) is 0 Å². The molecule has 23 heavy (non-hydrogen) atoms. The van der Waals surface area contributed by atoms with Crippen LogP contribution >= 0.6 is 0 Å². The van der Waals surface area contributed by atoms with E-state index in [9.17, 15) is 4.79 Å². The molecule has 1 unspecified atom stereocenters. The van der Waals surface area contributed by atoms with Crippen LogP contribution in [0.1, 0.15) is 40.7 Å². The average molecular weight is 309 g/mol. The number of nitrogens with zero attached hydrogens (tertiary/aromatic N) is 1.